The molecule has 0 aliphatic carbocycles. The summed E-state index contributed by atoms with van der Waals surface area (Å²) in [5, 5.41) is 7.73. The van der Waals surface area contributed by atoms with Crippen LogP contribution in [0.2, 0.25) is 0 Å². The lowest BCUT2D eigenvalue weighted by Crippen LogP contribution is -2.40. The van der Waals surface area contributed by atoms with Gasteiger partial charge in [-0.05, 0) is 49.6 Å². The number of carbonyl (C=O) groups excluding carboxylic acids is 3. The Labute approximate surface area is 207 Å². The third kappa shape index (κ3) is 4.83. The van der Waals surface area contributed by atoms with Gasteiger partial charge in [0.25, 0.3) is 5.91 Å². The summed E-state index contributed by atoms with van der Waals surface area (Å²) in [5.74, 6) is -0.130. The number of aromatic nitrogens is 4. The number of fused-ring (bicyclic) bond motifs is 1. The van der Waals surface area contributed by atoms with Crippen molar-refractivity contribution in [3.05, 3.63) is 48.4 Å². The van der Waals surface area contributed by atoms with E-state index in [0.29, 0.717) is 41.1 Å². The number of piperidine rings is 1. The first-order chi connectivity index (χ1) is 17.2. The van der Waals surface area contributed by atoms with Gasteiger partial charge in [0.2, 0.25) is 5.91 Å². The Morgan fingerprint density at radius 2 is 2.06 bits per heavy atom. The molecule has 4 rings (SSSR count). The average Bonchev–Trinajstić information content (AvgIpc) is 3.26. The number of hydrogen-bond donors (Lipinski definition) is 2. The molecule has 3 amide bonds. The second kappa shape index (κ2) is 10.0. The summed E-state index contributed by atoms with van der Waals surface area (Å²) in [5.41, 5.74) is 7.78. The molecule has 3 N–H and O–H groups in total. The van der Waals surface area contributed by atoms with E-state index in [-0.39, 0.29) is 23.5 Å². The van der Waals surface area contributed by atoms with Crippen LogP contribution in [-0.4, -0.2) is 74.6 Å². The summed E-state index contributed by atoms with van der Waals surface area (Å²) in [6.07, 6.45) is 3.65. The van der Waals surface area contributed by atoms with Crippen LogP contribution >= 0.6 is 0 Å². The first-order valence-electron chi connectivity index (χ1n) is 11.4. The lowest BCUT2D eigenvalue weighted by atomic mass is 10.1. The first-order valence-corrected chi connectivity index (χ1v) is 11.4. The van der Waals surface area contributed by atoms with Crippen molar-refractivity contribution >= 4 is 40.4 Å². The summed E-state index contributed by atoms with van der Waals surface area (Å²) in [6.45, 7) is 6.38. The molecule has 12 heteroatoms. The standard InChI is InChI=1S/C24H28N8O4/c1-5-18(33)31-10-6-7-16(12-31)32-22-19(21(25)26-13-27-22)20(29-32)23(34)28-15-8-9-17(14(2)11-15)36-24(35)30(3)4/h5,8-9,11,13,16H,1,6-7,10,12H2,2-4H3,(H,28,34)(H2,25,26,27)/t16-/m1/s1. The van der Waals surface area contributed by atoms with Crippen molar-refractivity contribution in [3.63, 3.8) is 0 Å². The van der Waals surface area contributed by atoms with E-state index in [9.17, 15) is 14.4 Å². The monoisotopic (exact) mass is 492 g/mol. The van der Waals surface area contributed by atoms with E-state index >= 15 is 0 Å². The largest absolute Gasteiger partial charge is 0.414 e. The van der Waals surface area contributed by atoms with Crippen LogP contribution in [0.5, 0.6) is 5.75 Å². The molecule has 0 unspecified atom stereocenters. The Hall–Kier alpha value is -4.48. The molecule has 0 saturated carbocycles. The molecule has 2 aromatic heterocycles. The van der Waals surface area contributed by atoms with Crippen LogP contribution in [0, 0.1) is 6.92 Å². The van der Waals surface area contributed by atoms with Gasteiger partial charge in [0.15, 0.2) is 11.3 Å². The van der Waals surface area contributed by atoms with E-state index in [2.05, 4.69) is 27.0 Å². The van der Waals surface area contributed by atoms with Gasteiger partial charge in [-0.1, -0.05) is 6.58 Å². The predicted molar refractivity (Wildman–Crippen MR) is 134 cm³/mol. The van der Waals surface area contributed by atoms with E-state index in [1.165, 1.54) is 17.3 Å². The van der Waals surface area contributed by atoms with E-state index in [1.54, 1.807) is 48.8 Å². The molecule has 0 spiro atoms. The van der Waals surface area contributed by atoms with Crippen LogP contribution in [-0.2, 0) is 4.79 Å². The van der Waals surface area contributed by atoms with Crippen LogP contribution in [0.3, 0.4) is 0 Å². The van der Waals surface area contributed by atoms with Gasteiger partial charge in [0, 0.05) is 32.9 Å². The van der Waals surface area contributed by atoms with Crippen LogP contribution in [0.1, 0.15) is 34.9 Å². The van der Waals surface area contributed by atoms with E-state index in [0.717, 1.165) is 12.8 Å². The molecule has 188 valence electrons. The maximum atomic E-state index is 13.3. The molecule has 0 radical (unpaired) electrons. The lowest BCUT2D eigenvalue weighted by Gasteiger charge is -2.32. The molecule has 12 nitrogen and oxygen atoms in total. The number of anilines is 2. The molecule has 3 heterocycles. The fraction of sp³-hybridized carbons (Fsp3) is 0.333. The zero-order valence-electron chi connectivity index (χ0n) is 20.4. The van der Waals surface area contributed by atoms with E-state index in [1.807, 2.05) is 0 Å². The molecule has 1 atom stereocenters. The van der Waals surface area contributed by atoms with Crippen molar-refractivity contribution in [1.29, 1.82) is 0 Å². The highest BCUT2D eigenvalue weighted by Gasteiger charge is 2.29. The highest BCUT2D eigenvalue weighted by atomic mass is 16.6. The number of carbonyl (C=O) groups is 3. The van der Waals surface area contributed by atoms with Crippen LogP contribution in [0.15, 0.2) is 37.2 Å². The lowest BCUT2D eigenvalue weighted by molar-refractivity contribution is -0.127. The minimum Gasteiger partial charge on any atom is -0.410 e. The van der Waals surface area contributed by atoms with Crippen molar-refractivity contribution in [1.82, 2.24) is 29.5 Å². The molecular weight excluding hydrogens is 464 g/mol. The van der Waals surface area contributed by atoms with Crippen LogP contribution < -0.4 is 15.8 Å². The number of nitrogen functional groups attached to an aromatic ring is 1. The van der Waals surface area contributed by atoms with Crippen molar-refractivity contribution in [2.75, 3.05) is 38.2 Å². The molecule has 1 fully saturated rings. The maximum absolute atomic E-state index is 13.3. The van der Waals surface area contributed by atoms with E-state index in [4.69, 9.17) is 10.5 Å². The fourth-order valence-electron chi connectivity index (χ4n) is 4.11. The Bertz CT molecular complexity index is 1350. The highest BCUT2D eigenvalue weighted by molar-refractivity contribution is 6.13. The second-order valence-corrected chi connectivity index (χ2v) is 8.73. The summed E-state index contributed by atoms with van der Waals surface area (Å²) in [6, 6.07) is 4.74. The maximum Gasteiger partial charge on any atom is 0.414 e. The highest BCUT2D eigenvalue weighted by Crippen LogP contribution is 2.29. The Morgan fingerprint density at radius 3 is 2.75 bits per heavy atom. The molecular formula is C24H28N8O4. The molecule has 1 aliphatic heterocycles. The molecule has 36 heavy (non-hydrogen) atoms. The minimum atomic E-state index is -0.501. The molecule has 0 bridgehead atoms. The summed E-state index contributed by atoms with van der Waals surface area (Å²) >= 11 is 0. The molecule has 1 aliphatic rings. The predicted octanol–water partition coefficient (Wildman–Crippen LogP) is 2.38. The van der Waals surface area contributed by atoms with E-state index < -0.39 is 12.0 Å². The second-order valence-electron chi connectivity index (χ2n) is 8.73. The third-order valence-electron chi connectivity index (χ3n) is 5.96. The van der Waals surface area contributed by atoms with Crippen molar-refractivity contribution < 1.29 is 19.1 Å². The van der Waals surface area contributed by atoms with Crippen LogP contribution in [0.4, 0.5) is 16.3 Å². The number of nitrogens with zero attached hydrogens (tertiary/aromatic N) is 6. The Kier molecular flexibility index (Phi) is 6.86. The number of aryl methyl sites for hydroxylation is 1. The number of likely N-dealkylation sites (tertiary alicyclic amines) is 1. The molecule has 1 saturated heterocycles. The van der Waals surface area contributed by atoms with Crippen LogP contribution in [0.25, 0.3) is 11.0 Å². The topological polar surface area (TPSA) is 149 Å². The zero-order chi connectivity index (χ0) is 26.0. The van der Waals surface area contributed by atoms with Crippen molar-refractivity contribution in [2.45, 2.75) is 25.8 Å². The normalized spacial score (nSPS) is 15.4. The minimum absolute atomic E-state index is 0.0797. The van der Waals surface area contributed by atoms with Gasteiger partial charge >= 0.3 is 6.09 Å². The SMILES string of the molecule is C=CC(=O)N1CCC[C@@H](n2nc(C(=O)Nc3ccc(OC(=O)N(C)C)c(C)c3)c3c(N)ncnc32)C1. The first kappa shape index (κ1) is 24.6. The molecule has 3 aromatic rings. The number of nitrogens with one attached hydrogen (secondary N) is 1. The van der Waals surface area contributed by atoms with Crippen molar-refractivity contribution in [2.24, 2.45) is 0 Å². The summed E-state index contributed by atoms with van der Waals surface area (Å²) < 4.78 is 6.97. The van der Waals surface area contributed by atoms with Gasteiger partial charge in [-0.15, -0.1) is 0 Å². The van der Waals surface area contributed by atoms with Gasteiger partial charge < -0.3 is 25.6 Å². The number of benzene rings is 1. The number of hydrogen-bond acceptors (Lipinski definition) is 8. The van der Waals surface area contributed by atoms with Gasteiger partial charge in [-0.2, -0.15) is 5.10 Å². The number of rotatable bonds is 5. The smallest absolute Gasteiger partial charge is 0.410 e. The summed E-state index contributed by atoms with van der Waals surface area (Å²) in [7, 11) is 3.18. The number of ether oxygens (including phenoxy) is 1. The number of nitrogens with two attached hydrogens (primary N) is 1. The van der Waals surface area contributed by atoms with Gasteiger partial charge in [-0.3, -0.25) is 9.59 Å². The summed E-state index contributed by atoms with van der Waals surface area (Å²) in [4.78, 5) is 48.7. The molecule has 1 aromatic carbocycles. The third-order valence-corrected chi connectivity index (χ3v) is 5.96. The van der Waals surface area contributed by atoms with Crippen molar-refractivity contribution in [3.8, 4) is 5.75 Å². The van der Waals surface area contributed by atoms with Gasteiger partial charge in [0.05, 0.1) is 11.4 Å². The van der Waals surface area contributed by atoms with Gasteiger partial charge in [-0.25, -0.2) is 19.4 Å². The van der Waals surface area contributed by atoms with Gasteiger partial charge in [0.1, 0.15) is 17.9 Å². The quantitative estimate of drug-likeness (QED) is 0.516. The average molecular weight is 493 g/mol. The number of amides is 3. The zero-order valence-corrected chi connectivity index (χ0v) is 20.4. The Balaban J connectivity index is 1.62. The Morgan fingerprint density at radius 1 is 1.28 bits per heavy atom. The fourth-order valence-corrected chi connectivity index (χ4v) is 4.11.